The van der Waals surface area contributed by atoms with Crippen molar-refractivity contribution in [3.8, 4) is 5.75 Å². The molecule has 0 aliphatic rings. The zero-order chi connectivity index (χ0) is 22.1. The monoisotopic (exact) mass is 479 g/mol. The molecule has 3 aromatic carbocycles. The highest BCUT2D eigenvalue weighted by molar-refractivity contribution is 9.10. The summed E-state index contributed by atoms with van der Waals surface area (Å²) in [5, 5.41) is 4.10. The number of hydrogen-bond acceptors (Lipinski definition) is 4. The molecule has 0 saturated heterocycles. The van der Waals surface area contributed by atoms with Gasteiger partial charge in [0.15, 0.2) is 0 Å². The van der Waals surface area contributed by atoms with Crippen molar-refractivity contribution in [2.75, 3.05) is 18.0 Å². The second-order valence-electron chi connectivity index (χ2n) is 6.88. The molecule has 3 aromatic rings. The molecule has 0 unspecified atom stereocenters. The van der Waals surface area contributed by atoms with E-state index < -0.39 is 0 Å². The zero-order valence-corrected chi connectivity index (χ0v) is 19.3. The van der Waals surface area contributed by atoms with Crippen LogP contribution in [0.3, 0.4) is 0 Å². The van der Waals surface area contributed by atoms with Crippen LogP contribution in [0.4, 0.5) is 5.69 Å². The first kappa shape index (κ1) is 22.6. The number of rotatable bonds is 9. The molecule has 5 nitrogen and oxygen atoms in total. The van der Waals surface area contributed by atoms with E-state index in [2.05, 4.69) is 57.3 Å². The third-order valence-corrected chi connectivity index (χ3v) is 5.31. The Balaban J connectivity index is 1.61. The zero-order valence-electron chi connectivity index (χ0n) is 17.7. The van der Waals surface area contributed by atoms with E-state index >= 15 is 0 Å². The van der Waals surface area contributed by atoms with Crippen molar-refractivity contribution in [2.45, 2.75) is 20.5 Å². The van der Waals surface area contributed by atoms with Crippen molar-refractivity contribution in [1.29, 1.82) is 0 Å². The van der Waals surface area contributed by atoms with Crippen LogP contribution in [-0.4, -0.2) is 25.2 Å². The molecule has 0 heterocycles. The first-order valence-electron chi connectivity index (χ1n) is 10.3. The summed E-state index contributed by atoms with van der Waals surface area (Å²) in [5.41, 5.74) is 6.12. The SMILES string of the molecule is CCN(CC)c1ccc(/C=N\NC(=O)c2ccccc2OCc2cccc(Br)c2)cc1. The smallest absolute Gasteiger partial charge is 0.275 e. The lowest BCUT2D eigenvalue weighted by Crippen LogP contribution is -2.21. The number of carbonyl (C=O) groups is 1. The van der Waals surface area contributed by atoms with Crippen molar-refractivity contribution in [1.82, 2.24) is 5.43 Å². The number of amides is 1. The van der Waals surface area contributed by atoms with Gasteiger partial charge in [0.2, 0.25) is 0 Å². The Labute approximate surface area is 191 Å². The van der Waals surface area contributed by atoms with Crippen LogP contribution in [-0.2, 0) is 6.61 Å². The molecular weight excluding hydrogens is 454 g/mol. The first-order chi connectivity index (χ1) is 15.1. The van der Waals surface area contributed by atoms with Gasteiger partial charge in [-0.05, 0) is 61.4 Å². The van der Waals surface area contributed by atoms with E-state index in [0.29, 0.717) is 17.9 Å². The minimum Gasteiger partial charge on any atom is -0.488 e. The summed E-state index contributed by atoms with van der Waals surface area (Å²) in [6, 6.07) is 23.1. The molecule has 0 saturated carbocycles. The van der Waals surface area contributed by atoms with Gasteiger partial charge in [0.05, 0.1) is 11.8 Å². The van der Waals surface area contributed by atoms with Crippen molar-refractivity contribution < 1.29 is 9.53 Å². The summed E-state index contributed by atoms with van der Waals surface area (Å²) in [7, 11) is 0. The van der Waals surface area contributed by atoms with Gasteiger partial charge in [-0.15, -0.1) is 0 Å². The molecule has 1 N–H and O–H groups in total. The summed E-state index contributed by atoms with van der Waals surface area (Å²) < 4.78 is 6.87. The predicted octanol–water partition coefficient (Wildman–Crippen LogP) is 5.64. The number of para-hydroxylation sites is 1. The molecule has 31 heavy (non-hydrogen) atoms. The summed E-state index contributed by atoms with van der Waals surface area (Å²) in [4.78, 5) is 14.9. The Bertz CT molecular complexity index is 1030. The van der Waals surface area contributed by atoms with E-state index in [1.165, 1.54) is 5.69 Å². The van der Waals surface area contributed by atoms with Gasteiger partial charge in [-0.2, -0.15) is 5.10 Å². The maximum atomic E-state index is 12.6. The molecule has 0 aromatic heterocycles. The van der Waals surface area contributed by atoms with Gasteiger partial charge in [0, 0.05) is 23.2 Å². The van der Waals surface area contributed by atoms with Gasteiger partial charge in [0.25, 0.3) is 5.91 Å². The van der Waals surface area contributed by atoms with E-state index in [1.54, 1.807) is 24.4 Å². The maximum Gasteiger partial charge on any atom is 0.275 e. The lowest BCUT2D eigenvalue weighted by atomic mass is 10.2. The average molecular weight is 480 g/mol. The number of benzene rings is 3. The highest BCUT2D eigenvalue weighted by Crippen LogP contribution is 2.20. The molecule has 0 aliphatic heterocycles. The average Bonchev–Trinajstić information content (AvgIpc) is 2.80. The number of ether oxygens (including phenoxy) is 1. The van der Waals surface area contributed by atoms with Gasteiger partial charge in [-0.3, -0.25) is 4.79 Å². The fourth-order valence-corrected chi connectivity index (χ4v) is 3.60. The van der Waals surface area contributed by atoms with Crippen LogP contribution in [0.25, 0.3) is 0 Å². The van der Waals surface area contributed by atoms with Crippen LogP contribution < -0.4 is 15.1 Å². The second kappa shape index (κ2) is 11.3. The van der Waals surface area contributed by atoms with Gasteiger partial charge in [0.1, 0.15) is 12.4 Å². The van der Waals surface area contributed by atoms with Gasteiger partial charge in [-0.25, -0.2) is 5.43 Å². The van der Waals surface area contributed by atoms with Crippen molar-refractivity contribution in [2.24, 2.45) is 5.10 Å². The van der Waals surface area contributed by atoms with Crippen molar-refractivity contribution >= 4 is 33.7 Å². The Kier molecular flexibility index (Phi) is 8.24. The summed E-state index contributed by atoms with van der Waals surface area (Å²) >= 11 is 3.45. The Morgan fingerprint density at radius 2 is 1.77 bits per heavy atom. The van der Waals surface area contributed by atoms with E-state index in [1.807, 2.05) is 42.5 Å². The quantitative estimate of drug-likeness (QED) is 0.319. The normalized spacial score (nSPS) is 10.8. The Morgan fingerprint density at radius 1 is 1.03 bits per heavy atom. The molecule has 0 atom stereocenters. The third kappa shape index (κ3) is 6.43. The van der Waals surface area contributed by atoms with Crippen molar-refractivity contribution in [3.63, 3.8) is 0 Å². The molecule has 160 valence electrons. The summed E-state index contributed by atoms with van der Waals surface area (Å²) in [5.74, 6) is 0.194. The third-order valence-electron chi connectivity index (χ3n) is 4.82. The molecule has 1 amide bonds. The molecule has 0 spiro atoms. The van der Waals surface area contributed by atoms with Crippen LogP contribution in [0, 0.1) is 0 Å². The highest BCUT2D eigenvalue weighted by atomic mass is 79.9. The molecule has 0 fully saturated rings. The number of hydrazone groups is 1. The van der Waals surface area contributed by atoms with Crippen LogP contribution in [0.15, 0.2) is 82.4 Å². The molecule has 3 rings (SSSR count). The van der Waals surface area contributed by atoms with Crippen LogP contribution in [0.5, 0.6) is 5.75 Å². The van der Waals surface area contributed by atoms with Crippen LogP contribution in [0.2, 0.25) is 0 Å². The molecule has 6 heteroatoms. The van der Waals surface area contributed by atoms with E-state index in [4.69, 9.17) is 4.74 Å². The number of nitrogens with one attached hydrogen (secondary N) is 1. The number of anilines is 1. The predicted molar refractivity (Wildman–Crippen MR) is 130 cm³/mol. The van der Waals surface area contributed by atoms with E-state index in [9.17, 15) is 4.79 Å². The van der Waals surface area contributed by atoms with Gasteiger partial charge in [-0.1, -0.05) is 52.3 Å². The second-order valence-corrected chi connectivity index (χ2v) is 7.79. The van der Waals surface area contributed by atoms with Crippen LogP contribution in [0.1, 0.15) is 35.3 Å². The minimum absolute atomic E-state index is 0.319. The molecular formula is C25H26BrN3O2. The molecule has 0 bridgehead atoms. The number of nitrogens with zero attached hydrogens (tertiary/aromatic N) is 2. The van der Waals surface area contributed by atoms with Crippen molar-refractivity contribution in [3.05, 3.63) is 94.0 Å². The maximum absolute atomic E-state index is 12.6. The number of carbonyl (C=O) groups excluding carboxylic acids is 1. The molecule has 0 radical (unpaired) electrons. The summed E-state index contributed by atoms with van der Waals surface area (Å²) in [6.45, 7) is 6.56. The Morgan fingerprint density at radius 3 is 2.48 bits per heavy atom. The lowest BCUT2D eigenvalue weighted by molar-refractivity contribution is 0.0950. The van der Waals surface area contributed by atoms with Gasteiger partial charge < -0.3 is 9.64 Å². The fraction of sp³-hybridized carbons (Fsp3) is 0.200. The fourth-order valence-electron chi connectivity index (χ4n) is 3.15. The first-order valence-corrected chi connectivity index (χ1v) is 11.0. The highest BCUT2D eigenvalue weighted by Gasteiger charge is 2.11. The number of hydrogen-bond donors (Lipinski definition) is 1. The molecule has 0 aliphatic carbocycles. The minimum atomic E-state index is -0.319. The number of halogens is 1. The van der Waals surface area contributed by atoms with Crippen LogP contribution >= 0.6 is 15.9 Å². The standard InChI is InChI=1S/C25H26BrN3O2/c1-3-29(4-2)22-14-12-19(13-15-22)17-27-28-25(30)23-10-5-6-11-24(23)31-18-20-8-7-9-21(26)16-20/h5-17H,3-4,18H2,1-2H3,(H,28,30)/b27-17-. The summed E-state index contributed by atoms with van der Waals surface area (Å²) in [6.07, 6.45) is 1.63. The van der Waals surface area contributed by atoms with Gasteiger partial charge >= 0.3 is 0 Å². The van der Waals surface area contributed by atoms with E-state index in [-0.39, 0.29) is 5.91 Å². The van der Waals surface area contributed by atoms with E-state index in [0.717, 1.165) is 28.7 Å². The lowest BCUT2D eigenvalue weighted by Gasteiger charge is -2.20. The Hall–Kier alpha value is -3.12. The topological polar surface area (TPSA) is 53.9 Å². The largest absolute Gasteiger partial charge is 0.488 e.